The summed E-state index contributed by atoms with van der Waals surface area (Å²) in [6.07, 6.45) is 1.01. The molecule has 7 nitrogen and oxygen atoms in total. The van der Waals surface area contributed by atoms with Crippen LogP contribution < -0.4 is 20.3 Å². The average Bonchev–Trinajstić information content (AvgIpc) is 2.95. The Morgan fingerprint density at radius 1 is 1.15 bits per heavy atom. The van der Waals surface area contributed by atoms with Crippen molar-refractivity contribution in [3.8, 4) is 11.5 Å². The van der Waals surface area contributed by atoms with Crippen molar-refractivity contribution in [2.45, 2.75) is 50.1 Å². The third kappa shape index (κ3) is 3.80. The van der Waals surface area contributed by atoms with Gasteiger partial charge in [0, 0.05) is 31.2 Å². The highest BCUT2D eigenvalue weighted by molar-refractivity contribution is 7.89. The Morgan fingerprint density at radius 3 is 2.31 bits per heavy atom. The molecule has 1 aromatic rings. The van der Waals surface area contributed by atoms with Crippen molar-refractivity contribution in [1.82, 2.24) is 15.2 Å². The molecule has 2 unspecified atom stereocenters. The zero-order chi connectivity index (χ0) is 18.9. The van der Waals surface area contributed by atoms with E-state index in [1.54, 1.807) is 10.4 Å². The number of benzene rings is 1. The summed E-state index contributed by atoms with van der Waals surface area (Å²) in [5.41, 5.74) is 5.99. The molecular formula is C17H26FN3O4S. The van der Waals surface area contributed by atoms with Crippen LogP contribution in [0.25, 0.3) is 0 Å². The lowest BCUT2D eigenvalue weighted by atomic mass is 10.1. The van der Waals surface area contributed by atoms with E-state index in [1.165, 1.54) is 19.2 Å². The summed E-state index contributed by atoms with van der Waals surface area (Å²) in [5.74, 6) is 0.116. The largest absolute Gasteiger partial charge is 0.494 e. The number of nitrogens with one attached hydrogen (secondary N) is 2. The van der Waals surface area contributed by atoms with Gasteiger partial charge in [-0.1, -0.05) is 0 Å². The summed E-state index contributed by atoms with van der Waals surface area (Å²) in [4.78, 5) is 0. The van der Waals surface area contributed by atoms with Gasteiger partial charge >= 0.3 is 0 Å². The molecule has 2 saturated heterocycles. The number of hydrazine groups is 1. The molecular weight excluding hydrogens is 361 g/mol. The third-order valence-electron chi connectivity index (χ3n) is 5.06. The van der Waals surface area contributed by atoms with Crippen LogP contribution in [0, 0.1) is 5.82 Å². The fourth-order valence-corrected chi connectivity index (χ4v) is 5.90. The standard InChI is InChI=1S/C17H26FN3O4S/c1-11-17(12(2)20-19-11)26(22,23)21-8-6-13(7-9-21)25-14-4-5-16(24-3)15(18)10-14/h4-5,10-13,17,19-20H,6-9H2,1-3H3. The molecule has 0 radical (unpaired) electrons. The number of piperidine rings is 1. The minimum atomic E-state index is -3.40. The Hall–Kier alpha value is -1.42. The first-order valence-electron chi connectivity index (χ1n) is 8.83. The second-order valence-electron chi connectivity index (χ2n) is 6.89. The van der Waals surface area contributed by atoms with Gasteiger partial charge in [-0.05, 0) is 38.8 Å². The van der Waals surface area contributed by atoms with Gasteiger partial charge in [0.1, 0.15) is 17.1 Å². The first-order chi connectivity index (χ1) is 12.3. The van der Waals surface area contributed by atoms with E-state index in [1.807, 2.05) is 13.8 Å². The predicted molar refractivity (Wildman–Crippen MR) is 96.1 cm³/mol. The Labute approximate surface area is 153 Å². The highest BCUT2D eigenvalue weighted by atomic mass is 32.2. The van der Waals surface area contributed by atoms with E-state index < -0.39 is 21.1 Å². The van der Waals surface area contributed by atoms with E-state index in [0.29, 0.717) is 31.7 Å². The summed E-state index contributed by atoms with van der Waals surface area (Å²) >= 11 is 0. The maximum Gasteiger partial charge on any atom is 0.220 e. The van der Waals surface area contributed by atoms with Gasteiger partial charge in [-0.2, -0.15) is 0 Å². The molecule has 0 spiro atoms. The zero-order valence-corrected chi connectivity index (χ0v) is 16.1. The molecule has 2 aliphatic heterocycles. The first kappa shape index (κ1) is 19.3. The molecule has 146 valence electrons. The second-order valence-corrected chi connectivity index (χ2v) is 8.98. The van der Waals surface area contributed by atoms with Gasteiger partial charge in [-0.3, -0.25) is 10.9 Å². The van der Waals surface area contributed by atoms with Crippen molar-refractivity contribution < 1.29 is 22.3 Å². The van der Waals surface area contributed by atoms with Gasteiger partial charge in [0.05, 0.1) is 7.11 Å². The number of sulfonamides is 1. The molecule has 9 heteroatoms. The van der Waals surface area contributed by atoms with Crippen molar-refractivity contribution in [2.75, 3.05) is 20.2 Å². The Kier molecular flexibility index (Phi) is 5.71. The topological polar surface area (TPSA) is 79.9 Å². The van der Waals surface area contributed by atoms with Gasteiger partial charge < -0.3 is 9.47 Å². The molecule has 2 N–H and O–H groups in total. The molecule has 0 aliphatic carbocycles. The molecule has 2 aliphatic rings. The van der Waals surface area contributed by atoms with E-state index in [0.717, 1.165) is 0 Å². The van der Waals surface area contributed by atoms with E-state index in [2.05, 4.69) is 10.9 Å². The van der Waals surface area contributed by atoms with Crippen LogP contribution in [0.15, 0.2) is 18.2 Å². The zero-order valence-electron chi connectivity index (χ0n) is 15.2. The summed E-state index contributed by atoms with van der Waals surface area (Å²) in [6, 6.07) is 4.18. The lowest BCUT2D eigenvalue weighted by Gasteiger charge is -2.34. The molecule has 2 atom stereocenters. The summed E-state index contributed by atoms with van der Waals surface area (Å²) in [5, 5.41) is -0.490. The van der Waals surface area contributed by atoms with Crippen molar-refractivity contribution in [3.63, 3.8) is 0 Å². The van der Waals surface area contributed by atoms with Gasteiger partial charge in [-0.25, -0.2) is 17.1 Å². The maximum absolute atomic E-state index is 13.8. The quantitative estimate of drug-likeness (QED) is 0.792. The fourth-order valence-electron chi connectivity index (χ4n) is 3.67. The van der Waals surface area contributed by atoms with Crippen LogP contribution in [0.2, 0.25) is 0 Å². The SMILES string of the molecule is COc1ccc(OC2CCN(S(=O)(=O)C3C(C)NNC3C)CC2)cc1F. The van der Waals surface area contributed by atoms with E-state index in [-0.39, 0.29) is 23.9 Å². The molecule has 2 heterocycles. The first-order valence-corrected chi connectivity index (χ1v) is 10.3. The summed E-state index contributed by atoms with van der Waals surface area (Å²) in [7, 11) is -1.99. The fraction of sp³-hybridized carbons (Fsp3) is 0.647. The van der Waals surface area contributed by atoms with Crippen molar-refractivity contribution >= 4 is 10.0 Å². The monoisotopic (exact) mass is 387 g/mol. The lowest BCUT2D eigenvalue weighted by Crippen LogP contribution is -2.50. The van der Waals surface area contributed by atoms with Crippen molar-refractivity contribution in [1.29, 1.82) is 0 Å². The number of nitrogens with zero attached hydrogens (tertiary/aromatic N) is 1. The number of rotatable bonds is 5. The lowest BCUT2D eigenvalue weighted by molar-refractivity contribution is 0.134. The number of ether oxygens (including phenoxy) is 2. The van der Waals surface area contributed by atoms with Crippen LogP contribution in [-0.2, 0) is 10.0 Å². The molecule has 0 saturated carbocycles. The van der Waals surface area contributed by atoms with Gasteiger partial charge in [0.25, 0.3) is 0 Å². The van der Waals surface area contributed by atoms with E-state index in [4.69, 9.17) is 9.47 Å². The minimum Gasteiger partial charge on any atom is -0.494 e. The van der Waals surface area contributed by atoms with Crippen molar-refractivity contribution in [3.05, 3.63) is 24.0 Å². The molecule has 26 heavy (non-hydrogen) atoms. The Bertz CT molecular complexity index is 728. The van der Waals surface area contributed by atoms with Crippen LogP contribution in [-0.4, -0.2) is 56.4 Å². The molecule has 3 rings (SSSR count). The second kappa shape index (κ2) is 7.67. The minimum absolute atomic E-state index is 0.135. The molecule has 0 aromatic heterocycles. The number of hydrogen-bond acceptors (Lipinski definition) is 6. The third-order valence-corrected chi connectivity index (χ3v) is 7.64. The predicted octanol–water partition coefficient (Wildman–Crippen LogP) is 1.26. The highest BCUT2D eigenvalue weighted by Crippen LogP contribution is 2.27. The smallest absolute Gasteiger partial charge is 0.220 e. The number of halogens is 1. The Balaban J connectivity index is 1.60. The van der Waals surface area contributed by atoms with Gasteiger partial charge in [0.15, 0.2) is 11.6 Å². The summed E-state index contributed by atoms with van der Waals surface area (Å²) in [6.45, 7) is 4.54. The highest BCUT2D eigenvalue weighted by Gasteiger charge is 2.44. The van der Waals surface area contributed by atoms with Crippen LogP contribution >= 0.6 is 0 Å². The number of methoxy groups -OCH3 is 1. The van der Waals surface area contributed by atoms with Crippen molar-refractivity contribution in [2.24, 2.45) is 0 Å². The maximum atomic E-state index is 13.8. The average molecular weight is 387 g/mol. The molecule has 2 fully saturated rings. The molecule has 0 amide bonds. The van der Waals surface area contributed by atoms with E-state index >= 15 is 0 Å². The van der Waals surface area contributed by atoms with Crippen LogP contribution in [0.4, 0.5) is 4.39 Å². The van der Waals surface area contributed by atoms with Crippen LogP contribution in [0.3, 0.4) is 0 Å². The van der Waals surface area contributed by atoms with Crippen LogP contribution in [0.5, 0.6) is 11.5 Å². The van der Waals surface area contributed by atoms with Gasteiger partial charge in [-0.15, -0.1) is 0 Å². The van der Waals surface area contributed by atoms with E-state index in [9.17, 15) is 12.8 Å². The number of hydrogen-bond donors (Lipinski definition) is 2. The van der Waals surface area contributed by atoms with Gasteiger partial charge in [0.2, 0.25) is 10.0 Å². The Morgan fingerprint density at radius 2 is 1.77 bits per heavy atom. The molecule has 1 aromatic carbocycles. The normalized spacial score (nSPS) is 28.2. The van der Waals surface area contributed by atoms with Crippen LogP contribution in [0.1, 0.15) is 26.7 Å². The molecule has 0 bridgehead atoms. The summed E-state index contributed by atoms with van der Waals surface area (Å²) < 4.78 is 51.9.